The molecule has 16 heavy (non-hydrogen) atoms. The smallest absolute Gasteiger partial charge is 0.237 e. The summed E-state index contributed by atoms with van der Waals surface area (Å²) in [6.45, 7) is 4.16. The zero-order valence-electron chi connectivity index (χ0n) is 9.36. The highest BCUT2D eigenvalue weighted by Gasteiger charge is 2.43. The number of carbonyl (C=O) groups is 1. The SMILES string of the molecule is CC1(C)C(=O)N(CC(N)=S)c2ccccc21. The van der Waals surface area contributed by atoms with Gasteiger partial charge in [0.05, 0.1) is 16.9 Å². The Morgan fingerprint density at radius 1 is 1.44 bits per heavy atom. The maximum atomic E-state index is 12.2. The minimum atomic E-state index is -0.485. The number of rotatable bonds is 2. The quantitative estimate of drug-likeness (QED) is 0.791. The Hall–Kier alpha value is -1.42. The molecule has 1 aliphatic rings. The van der Waals surface area contributed by atoms with Crippen LogP contribution in [0, 0.1) is 0 Å². The van der Waals surface area contributed by atoms with E-state index in [0.29, 0.717) is 11.5 Å². The Morgan fingerprint density at radius 2 is 2.06 bits per heavy atom. The van der Waals surface area contributed by atoms with Gasteiger partial charge in [-0.1, -0.05) is 30.4 Å². The molecule has 2 rings (SSSR count). The average molecular weight is 234 g/mol. The molecular formula is C12H14N2OS. The minimum Gasteiger partial charge on any atom is -0.392 e. The van der Waals surface area contributed by atoms with Crippen molar-refractivity contribution in [2.75, 3.05) is 11.4 Å². The molecule has 1 heterocycles. The molecule has 0 aliphatic carbocycles. The molecule has 4 heteroatoms. The fourth-order valence-corrected chi connectivity index (χ4v) is 2.24. The summed E-state index contributed by atoms with van der Waals surface area (Å²) >= 11 is 4.87. The van der Waals surface area contributed by atoms with Crippen LogP contribution in [0.15, 0.2) is 24.3 Å². The zero-order chi connectivity index (χ0) is 11.9. The van der Waals surface area contributed by atoms with E-state index in [2.05, 4.69) is 0 Å². The molecule has 1 amide bonds. The fraction of sp³-hybridized carbons (Fsp3) is 0.333. The van der Waals surface area contributed by atoms with Gasteiger partial charge in [-0.25, -0.2) is 0 Å². The van der Waals surface area contributed by atoms with Gasteiger partial charge in [0.25, 0.3) is 0 Å². The highest BCUT2D eigenvalue weighted by Crippen LogP contribution is 2.40. The third-order valence-corrected chi connectivity index (χ3v) is 3.09. The van der Waals surface area contributed by atoms with Gasteiger partial charge in [0.2, 0.25) is 5.91 Å². The predicted molar refractivity (Wildman–Crippen MR) is 68.6 cm³/mol. The first-order valence-electron chi connectivity index (χ1n) is 5.14. The van der Waals surface area contributed by atoms with Gasteiger partial charge in [-0.05, 0) is 25.5 Å². The first-order chi connectivity index (χ1) is 7.44. The Bertz CT molecular complexity index is 468. The number of hydrogen-bond acceptors (Lipinski definition) is 2. The topological polar surface area (TPSA) is 46.3 Å². The average Bonchev–Trinajstić information content (AvgIpc) is 2.41. The standard InChI is InChI=1S/C12H14N2OS/c1-12(2)8-5-3-4-6-9(8)14(11(12)15)7-10(13)16/h3-6H,7H2,1-2H3,(H2,13,16). The first-order valence-corrected chi connectivity index (χ1v) is 5.55. The van der Waals surface area contributed by atoms with Crippen LogP contribution in [0.3, 0.4) is 0 Å². The van der Waals surface area contributed by atoms with Crippen LogP contribution in [0.2, 0.25) is 0 Å². The summed E-state index contributed by atoms with van der Waals surface area (Å²) in [4.78, 5) is 14.2. The van der Waals surface area contributed by atoms with Crippen LogP contribution in [0.25, 0.3) is 0 Å². The summed E-state index contributed by atoms with van der Waals surface area (Å²) in [6.07, 6.45) is 0. The van der Waals surface area contributed by atoms with E-state index < -0.39 is 5.41 Å². The van der Waals surface area contributed by atoms with Gasteiger partial charge in [0, 0.05) is 5.69 Å². The molecule has 0 aromatic heterocycles. The number of benzene rings is 1. The van der Waals surface area contributed by atoms with Crippen LogP contribution >= 0.6 is 12.2 Å². The molecule has 3 nitrogen and oxygen atoms in total. The lowest BCUT2D eigenvalue weighted by Crippen LogP contribution is -2.40. The fourth-order valence-electron chi connectivity index (χ4n) is 2.11. The summed E-state index contributed by atoms with van der Waals surface area (Å²) in [6, 6.07) is 7.77. The number of carbonyl (C=O) groups excluding carboxylic acids is 1. The summed E-state index contributed by atoms with van der Waals surface area (Å²) < 4.78 is 0. The van der Waals surface area contributed by atoms with Crippen LogP contribution in [0.4, 0.5) is 5.69 Å². The molecule has 1 aromatic carbocycles. The second kappa shape index (κ2) is 3.56. The van der Waals surface area contributed by atoms with Crippen molar-refractivity contribution in [2.45, 2.75) is 19.3 Å². The normalized spacial score (nSPS) is 17.4. The van der Waals surface area contributed by atoms with E-state index in [9.17, 15) is 4.79 Å². The van der Waals surface area contributed by atoms with Crippen LogP contribution < -0.4 is 10.6 Å². The number of amides is 1. The number of anilines is 1. The Morgan fingerprint density at radius 3 is 2.69 bits per heavy atom. The number of nitrogens with zero attached hydrogens (tertiary/aromatic N) is 1. The molecule has 1 aliphatic heterocycles. The van der Waals surface area contributed by atoms with Gasteiger partial charge < -0.3 is 10.6 Å². The molecule has 0 atom stereocenters. The maximum Gasteiger partial charge on any atom is 0.237 e. The maximum absolute atomic E-state index is 12.2. The predicted octanol–water partition coefficient (Wildman–Crippen LogP) is 1.60. The van der Waals surface area contributed by atoms with E-state index in [1.807, 2.05) is 38.1 Å². The monoisotopic (exact) mass is 234 g/mol. The van der Waals surface area contributed by atoms with Gasteiger partial charge in [-0.2, -0.15) is 0 Å². The molecule has 84 valence electrons. The van der Waals surface area contributed by atoms with E-state index in [0.717, 1.165) is 11.3 Å². The number of hydrogen-bond donors (Lipinski definition) is 1. The second-order valence-corrected chi connectivity index (χ2v) is 5.02. The van der Waals surface area contributed by atoms with Crippen molar-refractivity contribution in [1.29, 1.82) is 0 Å². The number of thiocarbonyl (C=S) groups is 1. The van der Waals surface area contributed by atoms with Crippen molar-refractivity contribution in [3.05, 3.63) is 29.8 Å². The van der Waals surface area contributed by atoms with Crippen molar-refractivity contribution in [2.24, 2.45) is 5.73 Å². The lowest BCUT2D eigenvalue weighted by atomic mass is 9.86. The number of nitrogens with two attached hydrogens (primary N) is 1. The molecule has 0 fully saturated rings. The molecule has 2 N–H and O–H groups in total. The van der Waals surface area contributed by atoms with Crippen LogP contribution in [0.5, 0.6) is 0 Å². The first kappa shape index (κ1) is 11.1. The van der Waals surface area contributed by atoms with Crippen molar-refractivity contribution < 1.29 is 4.79 Å². The largest absolute Gasteiger partial charge is 0.392 e. The minimum absolute atomic E-state index is 0.0569. The van der Waals surface area contributed by atoms with E-state index in [1.165, 1.54) is 0 Å². The van der Waals surface area contributed by atoms with Crippen LogP contribution in [0.1, 0.15) is 19.4 Å². The van der Waals surface area contributed by atoms with E-state index in [4.69, 9.17) is 18.0 Å². The second-order valence-electron chi connectivity index (χ2n) is 4.50. The molecule has 0 spiro atoms. The van der Waals surface area contributed by atoms with Gasteiger partial charge in [-0.15, -0.1) is 0 Å². The number of para-hydroxylation sites is 1. The molecule has 0 saturated heterocycles. The van der Waals surface area contributed by atoms with Crippen LogP contribution in [-0.2, 0) is 10.2 Å². The Labute approximate surface area is 100 Å². The zero-order valence-corrected chi connectivity index (χ0v) is 10.2. The summed E-state index contributed by atoms with van der Waals surface area (Å²) in [5.41, 5.74) is 6.99. The van der Waals surface area contributed by atoms with Crippen molar-refractivity contribution in [3.8, 4) is 0 Å². The van der Waals surface area contributed by atoms with E-state index >= 15 is 0 Å². The highest BCUT2D eigenvalue weighted by molar-refractivity contribution is 7.80. The summed E-state index contributed by atoms with van der Waals surface area (Å²) in [5.74, 6) is 0.0569. The third-order valence-electron chi connectivity index (χ3n) is 2.96. The van der Waals surface area contributed by atoms with Crippen molar-refractivity contribution in [1.82, 2.24) is 0 Å². The summed E-state index contributed by atoms with van der Waals surface area (Å²) in [7, 11) is 0. The molecule has 1 aromatic rings. The lowest BCUT2D eigenvalue weighted by Gasteiger charge is -2.19. The lowest BCUT2D eigenvalue weighted by molar-refractivity contribution is -0.121. The molecular weight excluding hydrogens is 220 g/mol. The highest BCUT2D eigenvalue weighted by atomic mass is 32.1. The molecule has 0 saturated carbocycles. The molecule has 0 bridgehead atoms. The van der Waals surface area contributed by atoms with Gasteiger partial charge in [0.1, 0.15) is 0 Å². The van der Waals surface area contributed by atoms with Crippen molar-refractivity contribution in [3.63, 3.8) is 0 Å². The van der Waals surface area contributed by atoms with E-state index in [1.54, 1.807) is 4.90 Å². The Kier molecular flexibility index (Phi) is 2.46. The molecule has 0 unspecified atom stereocenters. The molecule has 0 radical (unpaired) electrons. The Balaban J connectivity index is 2.51. The van der Waals surface area contributed by atoms with Gasteiger partial charge in [-0.3, -0.25) is 4.79 Å². The van der Waals surface area contributed by atoms with Crippen molar-refractivity contribution >= 4 is 28.8 Å². The van der Waals surface area contributed by atoms with Crippen LogP contribution in [-0.4, -0.2) is 17.4 Å². The van der Waals surface area contributed by atoms with Gasteiger partial charge >= 0.3 is 0 Å². The van der Waals surface area contributed by atoms with Gasteiger partial charge in [0.15, 0.2) is 0 Å². The summed E-state index contributed by atoms with van der Waals surface area (Å²) in [5, 5.41) is 0. The number of fused-ring (bicyclic) bond motifs is 1. The van der Waals surface area contributed by atoms with E-state index in [-0.39, 0.29) is 5.91 Å². The third kappa shape index (κ3) is 1.50.